The first-order valence-electron chi connectivity index (χ1n) is 11.5. The van der Waals surface area contributed by atoms with Gasteiger partial charge in [-0.1, -0.05) is 60.2 Å². The lowest BCUT2D eigenvalue weighted by Gasteiger charge is -2.40. The van der Waals surface area contributed by atoms with E-state index in [1.54, 1.807) is 7.05 Å². The molecule has 0 radical (unpaired) electrons. The Morgan fingerprint density at radius 3 is 2.27 bits per heavy atom. The van der Waals surface area contributed by atoms with Crippen LogP contribution in [0.5, 0.6) is 0 Å². The summed E-state index contributed by atoms with van der Waals surface area (Å²) in [6.45, 7) is 7.10. The molecule has 3 aliphatic heterocycles. The number of guanidine groups is 1. The van der Waals surface area contributed by atoms with Crippen molar-refractivity contribution in [3.63, 3.8) is 0 Å². The highest BCUT2D eigenvalue weighted by atomic mass is 16.2. The van der Waals surface area contributed by atoms with Crippen LogP contribution in [0.3, 0.4) is 0 Å². The molecule has 2 aromatic rings. The number of benzene rings is 2. The number of nitrogens with zero attached hydrogens (tertiary/aromatic N) is 5. The van der Waals surface area contributed by atoms with E-state index in [0.717, 1.165) is 44.2 Å². The van der Waals surface area contributed by atoms with Crippen LogP contribution in [-0.2, 0) is 17.9 Å². The smallest absolute Gasteiger partial charge is 0.325 e. The second kappa shape index (κ2) is 8.86. The molecule has 172 valence electrons. The Morgan fingerprint density at radius 2 is 1.58 bits per heavy atom. The summed E-state index contributed by atoms with van der Waals surface area (Å²) < 4.78 is 0. The maximum atomic E-state index is 12.8. The van der Waals surface area contributed by atoms with Crippen LogP contribution in [-0.4, -0.2) is 82.9 Å². The number of nitrogens with one attached hydrogen (secondary N) is 1. The SMILES string of the molecule is Cc1ccc(CN2CCN(C3=NC4C(C(=O)NC(=O)N4C)N3Cc3ccccc3)CC2)cc1. The Morgan fingerprint density at radius 1 is 0.909 bits per heavy atom. The van der Waals surface area contributed by atoms with E-state index in [9.17, 15) is 9.59 Å². The normalized spacial score (nSPS) is 23.5. The van der Waals surface area contributed by atoms with E-state index in [2.05, 4.69) is 63.3 Å². The number of hydrogen-bond donors (Lipinski definition) is 1. The number of likely N-dealkylation sites (N-methyl/N-ethyl adjacent to an activating group) is 1. The standard InChI is InChI=1S/C25H30N6O2/c1-18-8-10-20(11-9-18)16-29-12-14-30(15-13-29)24-26-22-21(23(32)27-25(33)28(22)2)31(24)17-19-6-4-3-5-7-19/h3-11,21-22H,12-17H2,1-2H3,(H,27,32,33). The van der Waals surface area contributed by atoms with Crippen LogP contribution < -0.4 is 5.32 Å². The molecule has 5 rings (SSSR count). The summed E-state index contributed by atoms with van der Waals surface area (Å²) in [7, 11) is 1.70. The Bertz CT molecular complexity index is 1050. The van der Waals surface area contributed by atoms with Crippen LogP contribution >= 0.6 is 0 Å². The van der Waals surface area contributed by atoms with Gasteiger partial charge < -0.3 is 14.7 Å². The fourth-order valence-corrected chi connectivity index (χ4v) is 4.78. The quantitative estimate of drug-likeness (QED) is 0.776. The highest BCUT2D eigenvalue weighted by Gasteiger charge is 2.49. The first-order chi connectivity index (χ1) is 16.0. The van der Waals surface area contributed by atoms with E-state index in [1.165, 1.54) is 16.0 Å². The molecule has 2 unspecified atom stereocenters. The predicted molar refractivity (Wildman–Crippen MR) is 126 cm³/mol. The highest BCUT2D eigenvalue weighted by molar-refractivity contribution is 6.03. The zero-order valence-corrected chi connectivity index (χ0v) is 19.1. The zero-order chi connectivity index (χ0) is 22.9. The monoisotopic (exact) mass is 446 g/mol. The van der Waals surface area contributed by atoms with Crippen molar-refractivity contribution in [3.8, 4) is 0 Å². The van der Waals surface area contributed by atoms with Gasteiger partial charge in [0.15, 0.2) is 18.2 Å². The molecule has 3 heterocycles. The molecule has 33 heavy (non-hydrogen) atoms. The number of aliphatic imine (C=N–C) groups is 1. The second-order valence-electron chi connectivity index (χ2n) is 9.06. The van der Waals surface area contributed by atoms with Gasteiger partial charge in [0.1, 0.15) is 0 Å². The van der Waals surface area contributed by atoms with Crippen molar-refractivity contribution in [1.29, 1.82) is 0 Å². The van der Waals surface area contributed by atoms with E-state index in [0.29, 0.717) is 6.54 Å². The van der Waals surface area contributed by atoms with Crippen molar-refractivity contribution in [1.82, 2.24) is 24.9 Å². The van der Waals surface area contributed by atoms with Crippen molar-refractivity contribution >= 4 is 17.9 Å². The van der Waals surface area contributed by atoms with E-state index in [1.807, 2.05) is 18.2 Å². The van der Waals surface area contributed by atoms with Crippen molar-refractivity contribution in [2.75, 3.05) is 33.2 Å². The summed E-state index contributed by atoms with van der Waals surface area (Å²) in [5.74, 6) is 0.524. The lowest BCUT2D eigenvalue weighted by atomic mass is 10.1. The number of imide groups is 1. The summed E-state index contributed by atoms with van der Waals surface area (Å²) in [6, 6.07) is 17.9. The Kier molecular flexibility index (Phi) is 5.76. The van der Waals surface area contributed by atoms with Crippen molar-refractivity contribution in [2.45, 2.75) is 32.2 Å². The molecule has 0 saturated carbocycles. The summed E-state index contributed by atoms with van der Waals surface area (Å²) in [5, 5.41) is 2.48. The molecule has 2 aromatic carbocycles. The molecule has 8 nitrogen and oxygen atoms in total. The van der Waals surface area contributed by atoms with Crippen LogP contribution in [0, 0.1) is 6.92 Å². The van der Waals surface area contributed by atoms with Gasteiger partial charge in [-0.2, -0.15) is 0 Å². The number of piperazine rings is 1. The maximum absolute atomic E-state index is 12.8. The summed E-state index contributed by atoms with van der Waals surface area (Å²) in [5.41, 5.74) is 3.70. The van der Waals surface area contributed by atoms with E-state index in [-0.39, 0.29) is 5.91 Å². The number of amides is 3. The minimum absolute atomic E-state index is 0.282. The third-order valence-electron chi connectivity index (χ3n) is 6.72. The van der Waals surface area contributed by atoms with E-state index >= 15 is 0 Å². The predicted octanol–water partition coefficient (Wildman–Crippen LogP) is 1.86. The van der Waals surface area contributed by atoms with Gasteiger partial charge in [0, 0.05) is 46.3 Å². The molecule has 0 spiro atoms. The average molecular weight is 447 g/mol. The molecule has 1 N–H and O–H groups in total. The van der Waals surface area contributed by atoms with Gasteiger partial charge in [0.2, 0.25) is 0 Å². The number of rotatable bonds is 4. The largest absolute Gasteiger partial charge is 0.340 e. The molecule has 2 saturated heterocycles. The van der Waals surface area contributed by atoms with Gasteiger partial charge in [-0.15, -0.1) is 0 Å². The van der Waals surface area contributed by atoms with Crippen LogP contribution in [0.4, 0.5) is 4.79 Å². The molecule has 2 fully saturated rings. The first-order valence-corrected chi connectivity index (χ1v) is 11.5. The van der Waals surface area contributed by atoms with Crippen LogP contribution in [0.1, 0.15) is 16.7 Å². The average Bonchev–Trinajstić information content (AvgIpc) is 3.20. The van der Waals surface area contributed by atoms with Crippen molar-refractivity contribution in [3.05, 3.63) is 71.3 Å². The highest BCUT2D eigenvalue weighted by Crippen LogP contribution is 2.28. The third-order valence-corrected chi connectivity index (χ3v) is 6.72. The third kappa shape index (κ3) is 4.30. The summed E-state index contributed by atoms with van der Waals surface area (Å²) in [6.07, 6.45) is -0.504. The van der Waals surface area contributed by atoms with Crippen molar-refractivity contribution in [2.24, 2.45) is 4.99 Å². The van der Waals surface area contributed by atoms with Gasteiger partial charge in [-0.3, -0.25) is 15.0 Å². The van der Waals surface area contributed by atoms with Gasteiger partial charge in [0.25, 0.3) is 5.91 Å². The first kappa shape index (κ1) is 21.5. The maximum Gasteiger partial charge on any atom is 0.325 e. The molecular weight excluding hydrogens is 416 g/mol. The van der Waals surface area contributed by atoms with Gasteiger partial charge in [-0.05, 0) is 18.1 Å². The van der Waals surface area contributed by atoms with Crippen LogP contribution in [0.25, 0.3) is 0 Å². The lowest BCUT2D eigenvalue weighted by Crippen LogP contribution is -2.64. The Hall–Kier alpha value is -3.39. The van der Waals surface area contributed by atoms with Crippen LogP contribution in [0.15, 0.2) is 59.6 Å². The van der Waals surface area contributed by atoms with E-state index in [4.69, 9.17) is 4.99 Å². The molecular formula is C25H30N6O2. The fraction of sp³-hybridized carbons (Fsp3) is 0.400. The molecule has 2 atom stereocenters. The van der Waals surface area contributed by atoms with Gasteiger partial charge in [0.05, 0.1) is 0 Å². The zero-order valence-electron chi connectivity index (χ0n) is 19.1. The number of fused-ring (bicyclic) bond motifs is 1. The van der Waals surface area contributed by atoms with Crippen molar-refractivity contribution < 1.29 is 9.59 Å². The van der Waals surface area contributed by atoms with Crippen LogP contribution in [0.2, 0.25) is 0 Å². The molecule has 3 amide bonds. The molecule has 0 aliphatic carbocycles. The lowest BCUT2D eigenvalue weighted by molar-refractivity contribution is -0.127. The summed E-state index contributed by atoms with van der Waals surface area (Å²) >= 11 is 0. The number of urea groups is 1. The fourth-order valence-electron chi connectivity index (χ4n) is 4.78. The van der Waals surface area contributed by atoms with Gasteiger partial charge >= 0.3 is 6.03 Å². The molecule has 8 heteroatoms. The van der Waals surface area contributed by atoms with Gasteiger partial charge in [-0.25, -0.2) is 9.79 Å². The minimum Gasteiger partial charge on any atom is -0.340 e. The molecule has 0 aromatic heterocycles. The Labute approximate surface area is 194 Å². The number of carbonyl (C=O) groups excluding carboxylic acids is 2. The number of aryl methyl sites for hydroxylation is 1. The molecule has 0 bridgehead atoms. The topological polar surface area (TPSA) is 71.5 Å². The minimum atomic E-state index is -0.520. The Balaban J connectivity index is 1.33. The molecule has 3 aliphatic rings. The second-order valence-corrected chi connectivity index (χ2v) is 9.06. The van der Waals surface area contributed by atoms with E-state index < -0.39 is 18.2 Å². The summed E-state index contributed by atoms with van der Waals surface area (Å²) in [4.78, 5) is 38.3. The number of carbonyl (C=O) groups is 2. The number of hydrogen-bond acceptors (Lipinski definition) is 6.